The Morgan fingerprint density at radius 2 is 1.94 bits per heavy atom. The molecule has 1 amide bonds. The van der Waals surface area contributed by atoms with Crippen molar-refractivity contribution in [2.24, 2.45) is 5.73 Å². The van der Waals surface area contributed by atoms with Crippen molar-refractivity contribution >= 4 is 5.91 Å². The highest BCUT2D eigenvalue weighted by atomic mass is 16.1. The summed E-state index contributed by atoms with van der Waals surface area (Å²) in [6.07, 6.45) is 4.85. The van der Waals surface area contributed by atoms with Gasteiger partial charge in [-0.05, 0) is 51.9 Å². The fraction of sp³-hybridized carbons (Fsp3) is 0.923. The summed E-state index contributed by atoms with van der Waals surface area (Å²) in [7, 11) is 0. The third kappa shape index (κ3) is 4.64. The first-order chi connectivity index (χ1) is 8.12. The summed E-state index contributed by atoms with van der Waals surface area (Å²) in [5, 5.41) is 3.55. The Kier molecular flexibility index (Phi) is 5.92. The van der Waals surface area contributed by atoms with Crippen LogP contribution in [0.3, 0.4) is 0 Å². The minimum absolute atomic E-state index is 0.0356. The quantitative estimate of drug-likeness (QED) is 0.702. The van der Waals surface area contributed by atoms with E-state index < -0.39 is 0 Å². The van der Waals surface area contributed by atoms with E-state index in [4.69, 9.17) is 5.73 Å². The summed E-state index contributed by atoms with van der Waals surface area (Å²) in [6.45, 7) is 8.66. The molecule has 1 aliphatic rings. The summed E-state index contributed by atoms with van der Waals surface area (Å²) in [5.74, 6) is -0.183. The molecule has 0 saturated carbocycles. The van der Waals surface area contributed by atoms with Gasteiger partial charge in [-0.1, -0.05) is 13.8 Å². The molecule has 4 heteroatoms. The van der Waals surface area contributed by atoms with Gasteiger partial charge in [0.1, 0.15) is 0 Å². The van der Waals surface area contributed by atoms with Crippen LogP contribution in [0.5, 0.6) is 0 Å². The minimum atomic E-state index is -0.183. The average Bonchev–Trinajstić information content (AvgIpc) is 2.29. The van der Waals surface area contributed by atoms with Crippen LogP contribution in [0.15, 0.2) is 0 Å². The fourth-order valence-electron chi connectivity index (χ4n) is 2.66. The van der Waals surface area contributed by atoms with Gasteiger partial charge in [0.15, 0.2) is 0 Å². The third-order valence-electron chi connectivity index (χ3n) is 3.62. The van der Waals surface area contributed by atoms with Gasteiger partial charge < -0.3 is 16.0 Å². The number of likely N-dealkylation sites (tertiary alicyclic amines) is 1. The summed E-state index contributed by atoms with van der Waals surface area (Å²) < 4.78 is 0. The van der Waals surface area contributed by atoms with E-state index in [1.54, 1.807) is 0 Å². The zero-order valence-electron chi connectivity index (χ0n) is 11.3. The molecule has 17 heavy (non-hydrogen) atoms. The number of carbonyl (C=O) groups excluding carboxylic acids is 1. The van der Waals surface area contributed by atoms with Gasteiger partial charge in [-0.3, -0.25) is 4.79 Å². The van der Waals surface area contributed by atoms with E-state index in [9.17, 15) is 4.79 Å². The second-order valence-electron chi connectivity index (χ2n) is 5.19. The number of rotatable bonds is 7. The number of hydrogen-bond donors (Lipinski definition) is 2. The lowest BCUT2D eigenvalue weighted by Gasteiger charge is -2.42. The summed E-state index contributed by atoms with van der Waals surface area (Å²) in [6, 6.07) is 0. The SMILES string of the molecule is CCCNC1(CC(N)=O)CCN(CCC)CC1. The zero-order chi connectivity index (χ0) is 12.7. The fourth-order valence-corrected chi connectivity index (χ4v) is 2.66. The number of primary amides is 1. The highest BCUT2D eigenvalue weighted by Gasteiger charge is 2.34. The van der Waals surface area contributed by atoms with E-state index in [2.05, 4.69) is 24.1 Å². The molecule has 0 aliphatic carbocycles. The van der Waals surface area contributed by atoms with Crippen molar-refractivity contribution in [1.82, 2.24) is 10.2 Å². The Labute approximate surface area is 105 Å². The van der Waals surface area contributed by atoms with Crippen molar-refractivity contribution in [1.29, 1.82) is 0 Å². The highest BCUT2D eigenvalue weighted by molar-refractivity contribution is 5.75. The normalized spacial score (nSPS) is 20.4. The number of hydrogen-bond acceptors (Lipinski definition) is 3. The first-order valence-electron chi connectivity index (χ1n) is 6.87. The van der Waals surface area contributed by atoms with E-state index in [-0.39, 0.29) is 11.4 Å². The predicted octanol–water partition coefficient (Wildman–Crippen LogP) is 1.11. The highest BCUT2D eigenvalue weighted by Crippen LogP contribution is 2.25. The second kappa shape index (κ2) is 6.97. The standard InChI is InChI=1S/C13H27N3O/c1-3-7-15-13(11-12(14)17)5-9-16(8-4-2)10-6-13/h15H,3-11H2,1-2H3,(H2,14,17). The maximum absolute atomic E-state index is 11.2. The van der Waals surface area contributed by atoms with Gasteiger partial charge in [0.05, 0.1) is 0 Å². The Morgan fingerprint density at radius 1 is 1.29 bits per heavy atom. The number of nitrogens with zero attached hydrogens (tertiary/aromatic N) is 1. The smallest absolute Gasteiger partial charge is 0.219 e. The van der Waals surface area contributed by atoms with Crippen molar-refractivity contribution in [3.05, 3.63) is 0 Å². The Morgan fingerprint density at radius 3 is 2.41 bits per heavy atom. The van der Waals surface area contributed by atoms with Crippen molar-refractivity contribution < 1.29 is 4.79 Å². The molecule has 0 spiro atoms. The van der Waals surface area contributed by atoms with Gasteiger partial charge in [0.2, 0.25) is 5.91 Å². The maximum atomic E-state index is 11.2. The van der Waals surface area contributed by atoms with Crippen LogP contribution in [0.25, 0.3) is 0 Å². The number of nitrogens with one attached hydrogen (secondary N) is 1. The molecule has 0 atom stereocenters. The molecule has 1 fully saturated rings. The van der Waals surface area contributed by atoms with Gasteiger partial charge in [-0.25, -0.2) is 0 Å². The van der Waals surface area contributed by atoms with Crippen molar-refractivity contribution in [3.63, 3.8) is 0 Å². The molecule has 0 aromatic carbocycles. The lowest BCUT2D eigenvalue weighted by Crippen LogP contribution is -2.55. The molecular formula is C13H27N3O. The monoisotopic (exact) mass is 241 g/mol. The molecular weight excluding hydrogens is 214 g/mol. The molecule has 0 aromatic rings. The average molecular weight is 241 g/mol. The number of nitrogens with two attached hydrogens (primary N) is 1. The number of piperidine rings is 1. The van der Waals surface area contributed by atoms with Gasteiger partial charge in [0, 0.05) is 12.0 Å². The maximum Gasteiger partial charge on any atom is 0.219 e. The van der Waals surface area contributed by atoms with Crippen LogP contribution < -0.4 is 11.1 Å². The van der Waals surface area contributed by atoms with Crippen LogP contribution >= 0.6 is 0 Å². The first kappa shape index (κ1) is 14.5. The van der Waals surface area contributed by atoms with Crippen LogP contribution in [0.2, 0.25) is 0 Å². The Hall–Kier alpha value is -0.610. The van der Waals surface area contributed by atoms with Gasteiger partial charge in [-0.2, -0.15) is 0 Å². The van der Waals surface area contributed by atoms with E-state index in [1.807, 2.05) is 0 Å². The lowest BCUT2D eigenvalue weighted by molar-refractivity contribution is -0.120. The van der Waals surface area contributed by atoms with Gasteiger partial charge >= 0.3 is 0 Å². The Bertz CT molecular complexity index is 235. The molecule has 4 nitrogen and oxygen atoms in total. The zero-order valence-corrected chi connectivity index (χ0v) is 11.3. The molecule has 0 unspecified atom stereocenters. The largest absolute Gasteiger partial charge is 0.370 e. The molecule has 1 aliphatic heterocycles. The topological polar surface area (TPSA) is 58.4 Å². The van der Waals surface area contributed by atoms with E-state index in [1.165, 1.54) is 13.0 Å². The Balaban J connectivity index is 2.51. The summed E-state index contributed by atoms with van der Waals surface area (Å²) in [5.41, 5.74) is 5.35. The van der Waals surface area contributed by atoms with Gasteiger partial charge in [-0.15, -0.1) is 0 Å². The van der Waals surface area contributed by atoms with E-state index in [0.29, 0.717) is 6.42 Å². The summed E-state index contributed by atoms with van der Waals surface area (Å²) >= 11 is 0. The van der Waals surface area contributed by atoms with Crippen LogP contribution in [-0.2, 0) is 4.79 Å². The van der Waals surface area contributed by atoms with Crippen LogP contribution in [0.4, 0.5) is 0 Å². The molecule has 3 N–H and O–H groups in total. The van der Waals surface area contributed by atoms with Crippen LogP contribution in [0.1, 0.15) is 46.0 Å². The number of carbonyl (C=O) groups is 1. The lowest BCUT2D eigenvalue weighted by atomic mass is 9.84. The van der Waals surface area contributed by atoms with Crippen LogP contribution in [0, 0.1) is 0 Å². The van der Waals surface area contributed by atoms with Crippen LogP contribution in [-0.4, -0.2) is 42.5 Å². The summed E-state index contributed by atoms with van der Waals surface area (Å²) in [4.78, 5) is 13.7. The second-order valence-corrected chi connectivity index (χ2v) is 5.19. The molecule has 1 heterocycles. The molecule has 1 saturated heterocycles. The van der Waals surface area contributed by atoms with Crippen molar-refractivity contribution in [2.75, 3.05) is 26.2 Å². The minimum Gasteiger partial charge on any atom is -0.370 e. The first-order valence-corrected chi connectivity index (χ1v) is 6.87. The molecule has 0 aromatic heterocycles. The van der Waals surface area contributed by atoms with Crippen molar-refractivity contribution in [3.8, 4) is 0 Å². The third-order valence-corrected chi connectivity index (χ3v) is 3.62. The molecule has 100 valence electrons. The number of amides is 1. The van der Waals surface area contributed by atoms with E-state index >= 15 is 0 Å². The van der Waals surface area contributed by atoms with E-state index in [0.717, 1.165) is 38.9 Å². The predicted molar refractivity (Wildman–Crippen MR) is 70.8 cm³/mol. The molecule has 1 rings (SSSR count). The van der Waals surface area contributed by atoms with Crippen molar-refractivity contribution in [2.45, 2.75) is 51.5 Å². The molecule has 0 radical (unpaired) electrons. The van der Waals surface area contributed by atoms with Gasteiger partial charge in [0.25, 0.3) is 0 Å². The molecule has 0 bridgehead atoms.